The van der Waals surface area contributed by atoms with E-state index in [2.05, 4.69) is 10.0 Å². The summed E-state index contributed by atoms with van der Waals surface area (Å²) in [5.74, 6) is 0.194. The molecular weight excluding hydrogens is 362 g/mol. The number of carbonyl (C=O) groups excluding carboxylic acids is 1. The maximum absolute atomic E-state index is 12.5. The van der Waals surface area contributed by atoms with Crippen LogP contribution in [0.25, 0.3) is 0 Å². The molecule has 3 rings (SSSR count). The standard InChI is InChI=1S/C17H25N3O3S.ClH/c18-12-17(8-1-2-9-17)20-16(21)14-4-3-5-15(10-14)24(22,23)19-11-13-6-7-13;/h3-5,10,13,19H,1-2,6-9,11-12,18H2,(H,20,21);1H. The number of halogens is 1. The van der Waals surface area contributed by atoms with Crippen LogP contribution in [-0.2, 0) is 10.0 Å². The Morgan fingerprint density at radius 3 is 2.52 bits per heavy atom. The smallest absolute Gasteiger partial charge is 0.251 e. The van der Waals surface area contributed by atoms with Gasteiger partial charge in [0, 0.05) is 18.7 Å². The number of carbonyl (C=O) groups is 1. The molecule has 2 aliphatic carbocycles. The van der Waals surface area contributed by atoms with E-state index in [1.807, 2.05) is 0 Å². The third-order valence-corrected chi connectivity index (χ3v) is 6.42. The van der Waals surface area contributed by atoms with Crippen LogP contribution >= 0.6 is 12.4 Å². The Labute approximate surface area is 155 Å². The topological polar surface area (TPSA) is 101 Å². The van der Waals surface area contributed by atoms with E-state index < -0.39 is 10.0 Å². The third-order valence-electron chi connectivity index (χ3n) is 5.00. The highest BCUT2D eigenvalue weighted by Gasteiger charge is 2.34. The van der Waals surface area contributed by atoms with Gasteiger partial charge in [0.15, 0.2) is 0 Å². The fourth-order valence-corrected chi connectivity index (χ4v) is 4.34. The fourth-order valence-electron chi connectivity index (χ4n) is 3.18. The monoisotopic (exact) mass is 387 g/mol. The molecule has 140 valence electrons. The van der Waals surface area contributed by atoms with Crippen molar-refractivity contribution in [2.75, 3.05) is 13.1 Å². The van der Waals surface area contributed by atoms with Crippen molar-refractivity contribution < 1.29 is 13.2 Å². The molecule has 1 aromatic rings. The van der Waals surface area contributed by atoms with Gasteiger partial charge in [-0.15, -0.1) is 12.4 Å². The van der Waals surface area contributed by atoms with E-state index in [1.165, 1.54) is 12.1 Å². The van der Waals surface area contributed by atoms with Crippen LogP contribution in [0, 0.1) is 5.92 Å². The zero-order valence-electron chi connectivity index (χ0n) is 14.2. The van der Waals surface area contributed by atoms with Gasteiger partial charge in [-0.25, -0.2) is 13.1 Å². The van der Waals surface area contributed by atoms with Gasteiger partial charge < -0.3 is 11.1 Å². The number of nitrogens with one attached hydrogen (secondary N) is 2. The molecular formula is C17H26ClN3O3S. The molecule has 0 atom stereocenters. The SMILES string of the molecule is Cl.NCC1(NC(=O)c2cccc(S(=O)(=O)NCC3CC3)c2)CCCC1. The Balaban J connectivity index is 0.00000225. The molecule has 4 N–H and O–H groups in total. The number of hydrogen-bond acceptors (Lipinski definition) is 4. The second kappa shape index (κ2) is 8.03. The van der Waals surface area contributed by atoms with Crippen LogP contribution in [0.1, 0.15) is 48.9 Å². The number of hydrogen-bond donors (Lipinski definition) is 3. The molecule has 0 aromatic heterocycles. The van der Waals surface area contributed by atoms with Gasteiger partial charge in [-0.1, -0.05) is 18.9 Å². The van der Waals surface area contributed by atoms with Crippen molar-refractivity contribution in [1.29, 1.82) is 0 Å². The lowest BCUT2D eigenvalue weighted by atomic mass is 9.97. The minimum atomic E-state index is -3.57. The van der Waals surface area contributed by atoms with E-state index in [0.717, 1.165) is 38.5 Å². The Hall–Kier alpha value is -1.15. The van der Waals surface area contributed by atoms with Gasteiger partial charge in [-0.3, -0.25) is 4.79 Å². The first-order valence-corrected chi connectivity index (χ1v) is 10.0. The Bertz CT molecular complexity index is 714. The van der Waals surface area contributed by atoms with E-state index in [4.69, 9.17) is 5.73 Å². The highest BCUT2D eigenvalue weighted by Crippen LogP contribution is 2.29. The van der Waals surface area contributed by atoms with Crippen LogP contribution in [0.5, 0.6) is 0 Å². The van der Waals surface area contributed by atoms with E-state index in [0.29, 0.717) is 24.6 Å². The second-order valence-corrected chi connectivity index (χ2v) is 8.74. The van der Waals surface area contributed by atoms with Crippen molar-refractivity contribution >= 4 is 28.3 Å². The number of nitrogens with two attached hydrogens (primary N) is 1. The molecule has 1 amide bonds. The Kier molecular flexibility index (Phi) is 6.48. The van der Waals surface area contributed by atoms with Crippen LogP contribution in [0.2, 0.25) is 0 Å². The zero-order valence-corrected chi connectivity index (χ0v) is 15.8. The number of rotatable bonds is 7. The molecule has 1 aromatic carbocycles. The summed E-state index contributed by atoms with van der Waals surface area (Å²) in [5.41, 5.74) is 5.85. The van der Waals surface area contributed by atoms with Crippen molar-refractivity contribution in [2.45, 2.75) is 49.0 Å². The van der Waals surface area contributed by atoms with Gasteiger partial charge in [-0.2, -0.15) is 0 Å². The van der Waals surface area contributed by atoms with Crippen molar-refractivity contribution in [3.05, 3.63) is 29.8 Å². The summed E-state index contributed by atoms with van der Waals surface area (Å²) in [6.45, 7) is 0.870. The van der Waals surface area contributed by atoms with Crippen LogP contribution in [0.3, 0.4) is 0 Å². The molecule has 2 saturated carbocycles. The zero-order chi connectivity index (χ0) is 17.2. The molecule has 8 heteroatoms. The van der Waals surface area contributed by atoms with Crippen molar-refractivity contribution in [3.63, 3.8) is 0 Å². The fraction of sp³-hybridized carbons (Fsp3) is 0.588. The van der Waals surface area contributed by atoms with Gasteiger partial charge in [0.1, 0.15) is 0 Å². The molecule has 0 unspecified atom stereocenters. The number of amides is 1. The highest BCUT2D eigenvalue weighted by molar-refractivity contribution is 7.89. The molecule has 0 spiro atoms. The molecule has 25 heavy (non-hydrogen) atoms. The maximum Gasteiger partial charge on any atom is 0.251 e. The van der Waals surface area contributed by atoms with Crippen LogP contribution in [0.4, 0.5) is 0 Å². The van der Waals surface area contributed by atoms with Crippen LogP contribution < -0.4 is 15.8 Å². The van der Waals surface area contributed by atoms with E-state index in [1.54, 1.807) is 12.1 Å². The lowest BCUT2D eigenvalue weighted by Crippen LogP contribution is -2.51. The Morgan fingerprint density at radius 1 is 1.24 bits per heavy atom. The number of sulfonamides is 1. The maximum atomic E-state index is 12.5. The van der Waals surface area contributed by atoms with Crippen molar-refractivity contribution in [1.82, 2.24) is 10.0 Å². The predicted octanol–water partition coefficient (Wildman–Crippen LogP) is 1.80. The summed E-state index contributed by atoms with van der Waals surface area (Å²) in [6, 6.07) is 6.18. The second-order valence-electron chi connectivity index (χ2n) is 6.97. The molecule has 2 aliphatic rings. The molecule has 2 fully saturated rings. The first-order valence-electron chi connectivity index (χ1n) is 8.56. The summed E-state index contributed by atoms with van der Waals surface area (Å²) < 4.78 is 27.3. The van der Waals surface area contributed by atoms with Crippen LogP contribution in [-0.4, -0.2) is 33.0 Å². The minimum Gasteiger partial charge on any atom is -0.345 e. The lowest BCUT2D eigenvalue weighted by molar-refractivity contribution is 0.0903. The van der Waals surface area contributed by atoms with Gasteiger partial charge in [0.25, 0.3) is 5.91 Å². The summed E-state index contributed by atoms with van der Waals surface area (Å²) in [5, 5.41) is 3.02. The average molecular weight is 388 g/mol. The van der Waals surface area contributed by atoms with Crippen molar-refractivity contribution in [3.8, 4) is 0 Å². The van der Waals surface area contributed by atoms with E-state index in [9.17, 15) is 13.2 Å². The normalized spacial score (nSPS) is 19.2. The van der Waals surface area contributed by atoms with Gasteiger partial charge >= 0.3 is 0 Å². The summed E-state index contributed by atoms with van der Waals surface area (Å²) in [4.78, 5) is 12.7. The van der Waals surface area contributed by atoms with E-state index >= 15 is 0 Å². The van der Waals surface area contributed by atoms with Gasteiger partial charge in [-0.05, 0) is 49.8 Å². The van der Waals surface area contributed by atoms with Gasteiger partial charge in [0.05, 0.1) is 10.4 Å². The molecule has 0 bridgehead atoms. The van der Waals surface area contributed by atoms with Crippen LogP contribution in [0.15, 0.2) is 29.2 Å². The first-order chi connectivity index (χ1) is 11.4. The summed E-state index contributed by atoms with van der Waals surface area (Å²) in [6.07, 6.45) is 6.00. The molecule has 0 aliphatic heterocycles. The molecule has 6 nitrogen and oxygen atoms in total. The minimum absolute atomic E-state index is 0. The van der Waals surface area contributed by atoms with E-state index in [-0.39, 0.29) is 28.7 Å². The van der Waals surface area contributed by atoms with Gasteiger partial charge in [0.2, 0.25) is 10.0 Å². The number of benzene rings is 1. The third kappa shape index (κ3) is 4.94. The molecule has 0 radical (unpaired) electrons. The van der Waals surface area contributed by atoms with Crippen molar-refractivity contribution in [2.24, 2.45) is 11.7 Å². The lowest BCUT2D eigenvalue weighted by Gasteiger charge is -2.28. The largest absolute Gasteiger partial charge is 0.345 e. The predicted molar refractivity (Wildman–Crippen MR) is 99.3 cm³/mol. The quantitative estimate of drug-likeness (QED) is 0.663. The average Bonchev–Trinajstić information content (AvgIpc) is 3.31. The summed E-state index contributed by atoms with van der Waals surface area (Å²) in [7, 11) is -3.57. The molecule has 0 saturated heterocycles. The highest BCUT2D eigenvalue weighted by atomic mass is 35.5. The Morgan fingerprint density at radius 2 is 1.92 bits per heavy atom. The first kappa shape index (κ1) is 20.2. The summed E-state index contributed by atoms with van der Waals surface area (Å²) >= 11 is 0. The molecule has 0 heterocycles.